The second-order valence-electron chi connectivity index (χ2n) is 17.3. The van der Waals surface area contributed by atoms with Crippen LogP contribution in [0.5, 0.6) is 0 Å². The second kappa shape index (κ2) is 19.1. The molecular weight excluding hydrogens is 588 g/mol. The molecule has 0 aromatic heterocycles. The molecule has 2 fully saturated rings. The van der Waals surface area contributed by atoms with E-state index >= 15 is 0 Å². The number of ether oxygens (including phenoxy) is 1. The Hall–Kier alpha value is -1.61. The highest BCUT2D eigenvalue weighted by Crippen LogP contribution is 2.67. The van der Waals surface area contributed by atoms with E-state index in [-0.39, 0.29) is 11.4 Å². The van der Waals surface area contributed by atoms with Crippen molar-refractivity contribution in [3.05, 3.63) is 47.8 Å². The van der Waals surface area contributed by atoms with Crippen LogP contribution < -0.4 is 0 Å². The van der Waals surface area contributed by atoms with Gasteiger partial charge in [0.1, 0.15) is 5.76 Å². The summed E-state index contributed by atoms with van der Waals surface area (Å²) in [6.07, 6.45) is 37.6. The molecule has 0 heterocycles. The topological polar surface area (TPSA) is 46.5 Å². The Bertz CT molecular complexity index is 1110. The predicted octanol–water partition coefficient (Wildman–Crippen LogP) is 12.8. The maximum atomic E-state index is 13.2. The van der Waals surface area contributed by atoms with Gasteiger partial charge in [-0.2, -0.15) is 0 Å². The molecule has 3 nitrogen and oxygen atoms in total. The summed E-state index contributed by atoms with van der Waals surface area (Å²) >= 11 is 0. The highest BCUT2D eigenvalue weighted by molar-refractivity contribution is 5.71. The largest absolute Gasteiger partial charge is 0.430 e. The lowest BCUT2D eigenvalue weighted by molar-refractivity contribution is -0.143. The lowest BCUT2D eigenvalue weighted by atomic mass is 9.47. The summed E-state index contributed by atoms with van der Waals surface area (Å²) in [5.41, 5.74) is 1.48. The highest BCUT2D eigenvalue weighted by Gasteiger charge is 2.60. The van der Waals surface area contributed by atoms with E-state index in [0.717, 1.165) is 61.5 Å². The van der Waals surface area contributed by atoms with Crippen LogP contribution in [0.3, 0.4) is 0 Å². The Balaban J connectivity index is 1.23. The van der Waals surface area contributed by atoms with Crippen LogP contribution in [0.25, 0.3) is 0 Å². The average molecular weight is 663 g/mol. The minimum absolute atomic E-state index is 0.111. The number of carbonyl (C=O) groups excluding carboxylic acids is 1. The van der Waals surface area contributed by atoms with Gasteiger partial charge in [-0.05, 0) is 131 Å². The van der Waals surface area contributed by atoms with Crippen LogP contribution in [0.2, 0.25) is 0 Å². The highest BCUT2D eigenvalue weighted by atomic mass is 16.5. The Labute approximate surface area is 296 Å². The van der Waals surface area contributed by atoms with Gasteiger partial charge in [0, 0.05) is 11.8 Å². The Morgan fingerprint density at radius 1 is 0.896 bits per heavy atom. The average Bonchev–Trinajstić information content (AvgIpc) is 3.40. The van der Waals surface area contributed by atoms with Gasteiger partial charge < -0.3 is 9.84 Å². The van der Waals surface area contributed by atoms with Gasteiger partial charge in [-0.15, -0.1) is 0 Å². The minimum Gasteiger partial charge on any atom is -0.430 e. The number of aliphatic hydroxyl groups excluding tert-OH is 1. The minimum atomic E-state index is -0.559. The molecule has 2 saturated carbocycles. The van der Waals surface area contributed by atoms with Crippen molar-refractivity contribution < 1.29 is 14.6 Å². The molecule has 0 aromatic carbocycles. The lowest BCUT2D eigenvalue weighted by Gasteiger charge is -2.58. The Kier molecular flexibility index (Phi) is 15.6. The van der Waals surface area contributed by atoms with Crippen LogP contribution in [0.15, 0.2) is 47.8 Å². The van der Waals surface area contributed by atoms with E-state index < -0.39 is 6.10 Å². The molecule has 4 rings (SSSR count). The van der Waals surface area contributed by atoms with Crippen LogP contribution >= 0.6 is 0 Å². The van der Waals surface area contributed by atoms with Crippen molar-refractivity contribution in [1.29, 1.82) is 0 Å². The van der Waals surface area contributed by atoms with Crippen LogP contribution in [0, 0.1) is 46.3 Å². The molecule has 0 unspecified atom stereocenters. The normalized spacial score (nSPS) is 32.2. The fourth-order valence-corrected chi connectivity index (χ4v) is 10.7. The van der Waals surface area contributed by atoms with E-state index in [2.05, 4.69) is 71.9 Å². The quantitative estimate of drug-likeness (QED) is 0.0801. The third-order valence-electron chi connectivity index (χ3n) is 13.5. The molecule has 4 aliphatic carbocycles. The number of carbonyl (C=O) groups is 1. The SMILES string of the molecule is CCCCC/C=C\C/C=C\CCCCCCCC(=O)OC1=C[C@@H](O)CC2=CC[C@@H]3[C@H](CC[C@]4(C)[C@@H]([C@H](C)CCCC(C)C)CC[C@@H]34)[C@]21C. The standard InChI is InChI=1S/C45H74O3/c1-7-8-9-10-11-12-13-14-15-16-17-18-19-20-21-25-43(47)48-42-33-37(46)32-36-26-27-38-40-29-28-39(35(4)24-22-23-34(2)3)44(40,5)31-30-41(38)45(36,42)6/h11-12,14-15,26,33-35,37-41,46H,7-10,13,16-25,27-32H2,1-6H3/b12-11-,15-14-/t35-,37+,38+,39-,40+,41+,44-,45+/m1/s1. The predicted molar refractivity (Wildman–Crippen MR) is 203 cm³/mol. The first kappa shape index (κ1) is 39.2. The molecule has 272 valence electrons. The van der Waals surface area contributed by atoms with Crippen LogP contribution in [-0.4, -0.2) is 17.2 Å². The van der Waals surface area contributed by atoms with Crippen LogP contribution in [-0.2, 0) is 9.53 Å². The number of hydrogen-bond acceptors (Lipinski definition) is 3. The number of fused-ring (bicyclic) bond motifs is 5. The lowest BCUT2D eigenvalue weighted by Crippen LogP contribution is -2.51. The third-order valence-corrected chi connectivity index (χ3v) is 13.5. The summed E-state index contributed by atoms with van der Waals surface area (Å²) in [6, 6.07) is 0. The molecule has 0 aliphatic heterocycles. The number of aliphatic hydroxyl groups is 1. The van der Waals surface area contributed by atoms with Gasteiger partial charge >= 0.3 is 5.97 Å². The number of unbranched alkanes of at least 4 members (excludes halogenated alkanes) is 8. The molecule has 48 heavy (non-hydrogen) atoms. The van der Waals surface area contributed by atoms with Gasteiger partial charge in [-0.3, -0.25) is 4.79 Å². The van der Waals surface area contributed by atoms with Crippen molar-refractivity contribution in [3.8, 4) is 0 Å². The summed E-state index contributed by atoms with van der Waals surface area (Å²) in [4.78, 5) is 13.2. The van der Waals surface area contributed by atoms with E-state index in [1.807, 2.05) is 6.08 Å². The fourth-order valence-electron chi connectivity index (χ4n) is 10.7. The van der Waals surface area contributed by atoms with E-state index in [0.29, 0.717) is 30.1 Å². The van der Waals surface area contributed by atoms with Gasteiger partial charge in [0.05, 0.1) is 6.10 Å². The van der Waals surface area contributed by atoms with Crippen molar-refractivity contribution in [2.75, 3.05) is 0 Å². The van der Waals surface area contributed by atoms with E-state index in [1.165, 1.54) is 95.5 Å². The van der Waals surface area contributed by atoms with Gasteiger partial charge in [0.15, 0.2) is 0 Å². The molecule has 0 bridgehead atoms. The zero-order valence-electron chi connectivity index (χ0n) is 32.1. The van der Waals surface area contributed by atoms with Gasteiger partial charge in [-0.25, -0.2) is 0 Å². The van der Waals surface area contributed by atoms with Crippen molar-refractivity contribution in [2.24, 2.45) is 46.3 Å². The number of hydrogen-bond donors (Lipinski definition) is 1. The van der Waals surface area contributed by atoms with Gasteiger partial charge in [-0.1, -0.05) is 122 Å². The molecule has 4 aliphatic rings. The molecule has 0 aromatic rings. The summed E-state index contributed by atoms with van der Waals surface area (Å²) < 4.78 is 6.27. The first-order chi connectivity index (χ1) is 23.1. The summed E-state index contributed by atoms with van der Waals surface area (Å²) in [5, 5.41) is 10.8. The van der Waals surface area contributed by atoms with Crippen molar-refractivity contribution in [2.45, 2.75) is 182 Å². The molecule has 0 spiro atoms. The zero-order chi connectivity index (χ0) is 34.6. The molecule has 0 radical (unpaired) electrons. The fraction of sp³-hybridized carbons (Fsp3) is 0.800. The molecular formula is C45H74O3. The first-order valence-corrected chi connectivity index (χ1v) is 20.7. The maximum absolute atomic E-state index is 13.2. The maximum Gasteiger partial charge on any atom is 0.310 e. The zero-order valence-corrected chi connectivity index (χ0v) is 32.1. The first-order valence-electron chi connectivity index (χ1n) is 20.7. The van der Waals surface area contributed by atoms with Crippen molar-refractivity contribution in [3.63, 3.8) is 0 Å². The van der Waals surface area contributed by atoms with Gasteiger partial charge in [0.2, 0.25) is 0 Å². The molecule has 3 heteroatoms. The molecule has 0 amide bonds. The molecule has 0 saturated heterocycles. The summed E-state index contributed by atoms with van der Waals surface area (Å²) in [5.74, 6) is 4.97. The van der Waals surface area contributed by atoms with Crippen molar-refractivity contribution >= 4 is 5.97 Å². The smallest absolute Gasteiger partial charge is 0.310 e. The Morgan fingerprint density at radius 3 is 2.33 bits per heavy atom. The second-order valence-corrected chi connectivity index (χ2v) is 17.3. The third kappa shape index (κ3) is 10.0. The van der Waals surface area contributed by atoms with Crippen molar-refractivity contribution in [1.82, 2.24) is 0 Å². The van der Waals surface area contributed by atoms with Crippen LogP contribution in [0.4, 0.5) is 0 Å². The van der Waals surface area contributed by atoms with E-state index in [1.54, 1.807) is 0 Å². The molecule has 8 atom stereocenters. The summed E-state index contributed by atoms with van der Waals surface area (Å²) in [7, 11) is 0. The molecule has 1 N–H and O–H groups in total. The van der Waals surface area contributed by atoms with E-state index in [4.69, 9.17) is 4.74 Å². The van der Waals surface area contributed by atoms with E-state index in [9.17, 15) is 9.90 Å². The number of rotatable bonds is 20. The van der Waals surface area contributed by atoms with Crippen LogP contribution in [0.1, 0.15) is 176 Å². The number of allylic oxidation sites excluding steroid dienone is 6. The van der Waals surface area contributed by atoms with Gasteiger partial charge in [0.25, 0.3) is 0 Å². The monoisotopic (exact) mass is 663 g/mol. The summed E-state index contributed by atoms with van der Waals surface area (Å²) in [6.45, 7) is 14.5. The number of esters is 1. The Morgan fingerprint density at radius 2 is 1.60 bits per heavy atom.